The molecule has 1 heterocycles. The van der Waals surface area contributed by atoms with E-state index in [1.54, 1.807) is 17.0 Å². The van der Waals surface area contributed by atoms with Gasteiger partial charge in [0, 0.05) is 40.3 Å². The summed E-state index contributed by atoms with van der Waals surface area (Å²) in [7, 11) is 3.64. The summed E-state index contributed by atoms with van der Waals surface area (Å²) in [6.07, 6.45) is 3.68. The van der Waals surface area contributed by atoms with Gasteiger partial charge >= 0.3 is 0 Å². The molecule has 29 heavy (non-hydrogen) atoms. The summed E-state index contributed by atoms with van der Waals surface area (Å²) in [5, 5.41) is 6.54. The predicted octanol–water partition coefficient (Wildman–Crippen LogP) is 2.48. The smallest absolute Gasteiger partial charge is 0.239 e. The Morgan fingerprint density at radius 1 is 1.34 bits per heavy atom. The van der Waals surface area contributed by atoms with Crippen molar-refractivity contribution in [3.8, 4) is 0 Å². The van der Waals surface area contributed by atoms with Crippen molar-refractivity contribution in [2.45, 2.75) is 38.6 Å². The molecule has 8 heteroatoms. The maximum atomic E-state index is 13.2. The maximum Gasteiger partial charge on any atom is 0.239 e. The van der Waals surface area contributed by atoms with Gasteiger partial charge in [-0.05, 0) is 56.8 Å². The monoisotopic (exact) mass is 519 g/mol. The standard InChI is InChI=1S/C21H34FN5O.HI/c1-4-23-21(25-13-11-17-8-5-9-18(22)16-17)24-12-7-15-27-14-6-10-19(27)20(28)26(2)3;/h5,8-9,16,19H,4,6-7,10-15H2,1-3H3,(H2,23,24,25);1H. The van der Waals surface area contributed by atoms with Crippen molar-refractivity contribution >= 4 is 35.8 Å². The summed E-state index contributed by atoms with van der Waals surface area (Å²) in [5.74, 6) is 0.778. The number of likely N-dealkylation sites (N-methyl/N-ethyl adjacent to an activating group) is 1. The number of likely N-dealkylation sites (tertiary alicyclic amines) is 1. The molecule has 0 radical (unpaired) electrons. The molecule has 2 rings (SSSR count). The minimum Gasteiger partial charge on any atom is -0.357 e. The van der Waals surface area contributed by atoms with Crippen LogP contribution in [-0.2, 0) is 11.2 Å². The van der Waals surface area contributed by atoms with Crippen molar-refractivity contribution < 1.29 is 9.18 Å². The van der Waals surface area contributed by atoms with Crippen molar-refractivity contribution in [3.05, 3.63) is 35.6 Å². The Hall–Kier alpha value is -1.42. The average molecular weight is 519 g/mol. The van der Waals surface area contributed by atoms with Crippen molar-refractivity contribution in [1.29, 1.82) is 0 Å². The van der Waals surface area contributed by atoms with Gasteiger partial charge in [0.05, 0.1) is 6.04 Å². The average Bonchev–Trinajstić information content (AvgIpc) is 3.13. The van der Waals surface area contributed by atoms with Gasteiger partial charge in [0.25, 0.3) is 0 Å². The zero-order valence-electron chi connectivity index (χ0n) is 17.8. The van der Waals surface area contributed by atoms with Gasteiger partial charge in [0.1, 0.15) is 5.82 Å². The second-order valence-electron chi connectivity index (χ2n) is 7.35. The number of nitrogens with one attached hydrogen (secondary N) is 2. The van der Waals surface area contributed by atoms with E-state index in [2.05, 4.69) is 20.5 Å². The second kappa shape index (κ2) is 13.7. The highest BCUT2D eigenvalue weighted by atomic mass is 127. The van der Waals surface area contributed by atoms with Crippen molar-refractivity contribution in [3.63, 3.8) is 0 Å². The van der Waals surface area contributed by atoms with Crippen LogP contribution < -0.4 is 10.6 Å². The van der Waals surface area contributed by atoms with Crippen LogP contribution in [0.5, 0.6) is 0 Å². The van der Waals surface area contributed by atoms with Gasteiger partial charge in [0.15, 0.2) is 5.96 Å². The van der Waals surface area contributed by atoms with E-state index in [4.69, 9.17) is 0 Å². The first-order valence-corrected chi connectivity index (χ1v) is 10.2. The van der Waals surface area contributed by atoms with Crippen LogP contribution >= 0.6 is 24.0 Å². The van der Waals surface area contributed by atoms with Crippen LogP contribution in [0.15, 0.2) is 29.3 Å². The molecule has 6 nitrogen and oxygen atoms in total. The summed E-state index contributed by atoms with van der Waals surface area (Å²) in [6, 6.07) is 6.70. The van der Waals surface area contributed by atoms with Crippen LogP contribution in [0.3, 0.4) is 0 Å². The number of hydrogen-bond donors (Lipinski definition) is 2. The van der Waals surface area contributed by atoms with E-state index in [9.17, 15) is 9.18 Å². The van der Waals surface area contributed by atoms with E-state index in [0.717, 1.165) is 56.8 Å². The third-order valence-corrected chi connectivity index (χ3v) is 4.90. The lowest BCUT2D eigenvalue weighted by molar-refractivity contribution is -0.133. The molecule has 1 aliphatic heterocycles. The Morgan fingerprint density at radius 2 is 2.14 bits per heavy atom. The first kappa shape index (κ1) is 25.6. The minimum atomic E-state index is -0.203. The van der Waals surface area contributed by atoms with E-state index in [0.29, 0.717) is 13.1 Å². The predicted molar refractivity (Wildman–Crippen MR) is 127 cm³/mol. The molecule has 1 unspecified atom stereocenters. The van der Waals surface area contributed by atoms with E-state index < -0.39 is 0 Å². The number of aliphatic imine (C=N–C) groups is 1. The number of amides is 1. The molecule has 2 N–H and O–H groups in total. The van der Waals surface area contributed by atoms with Gasteiger partial charge in [-0.3, -0.25) is 14.7 Å². The molecular weight excluding hydrogens is 484 g/mol. The minimum absolute atomic E-state index is 0. The van der Waals surface area contributed by atoms with Crippen LogP contribution in [0, 0.1) is 5.82 Å². The molecule has 0 spiro atoms. The molecule has 1 saturated heterocycles. The number of rotatable bonds is 9. The molecule has 164 valence electrons. The normalized spacial score (nSPS) is 17.0. The van der Waals surface area contributed by atoms with Crippen LogP contribution in [0.2, 0.25) is 0 Å². The van der Waals surface area contributed by atoms with Gasteiger partial charge in [-0.15, -0.1) is 24.0 Å². The molecular formula is C21H35FIN5O. The fourth-order valence-corrected chi connectivity index (χ4v) is 3.50. The number of nitrogens with zero attached hydrogens (tertiary/aromatic N) is 3. The van der Waals surface area contributed by atoms with E-state index >= 15 is 0 Å². The summed E-state index contributed by atoms with van der Waals surface area (Å²) in [5.41, 5.74) is 0.967. The number of carbonyl (C=O) groups excluding carboxylic acids is 1. The number of hydrogen-bond acceptors (Lipinski definition) is 3. The third kappa shape index (κ3) is 8.86. The highest BCUT2D eigenvalue weighted by molar-refractivity contribution is 14.0. The molecule has 0 saturated carbocycles. The van der Waals surface area contributed by atoms with Gasteiger partial charge in [-0.1, -0.05) is 12.1 Å². The van der Waals surface area contributed by atoms with Crippen molar-refractivity contribution in [1.82, 2.24) is 20.4 Å². The van der Waals surface area contributed by atoms with Crippen LogP contribution in [0.25, 0.3) is 0 Å². The Labute approximate surface area is 191 Å². The van der Waals surface area contributed by atoms with Crippen LogP contribution in [-0.4, -0.2) is 74.5 Å². The fraction of sp³-hybridized carbons (Fsp3) is 0.619. The molecule has 0 bridgehead atoms. The molecule has 1 atom stereocenters. The molecule has 0 aliphatic carbocycles. The number of carbonyl (C=O) groups is 1. The Morgan fingerprint density at radius 3 is 2.83 bits per heavy atom. The molecule has 1 fully saturated rings. The fourth-order valence-electron chi connectivity index (χ4n) is 3.50. The van der Waals surface area contributed by atoms with Crippen molar-refractivity contribution in [2.24, 2.45) is 4.99 Å². The van der Waals surface area contributed by atoms with E-state index in [1.807, 2.05) is 27.1 Å². The first-order valence-electron chi connectivity index (χ1n) is 10.2. The molecule has 1 amide bonds. The highest BCUT2D eigenvalue weighted by Gasteiger charge is 2.30. The van der Waals surface area contributed by atoms with Crippen LogP contribution in [0.1, 0.15) is 31.7 Å². The highest BCUT2D eigenvalue weighted by Crippen LogP contribution is 2.18. The number of halogens is 2. The molecule has 1 aliphatic rings. The number of guanidine groups is 1. The SMILES string of the molecule is CCNC(=NCCCN1CCCC1C(=O)N(C)C)NCCc1cccc(F)c1.I. The Bertz CT molecular complexity index is 656. The van der Waals surface area contributed by atoms with Gasteiger partial charge in [-0.2, -0.15) is 0 Å². The summed E-state index contributed by atoms with van der Waals surface area (Å²) in [4.78, 5) is 20.8. The second-order valence-corrected chi connectivity index (χ2v) is 7.35. The Balaban J connectivity index is 0.00000420. The summed E-state index contributed by atoms with van der Waals surface area (Å²) in [6.45, 7) is 6.09. The van der Waals surface area contributed by atoms with Crippen LogP contribution in [0.4, 0.5) is 4.39 Å². The summed E-state index contributed by atoms with van der Waals surface area (Å²) >= 11 is 0. The molecule has 0 aromatic heterocycles. The van der Waals surface area contributed by atoms with Gasteiger partial charge in [-0.25, -0.2) is 4.39 Å². The van der Waals surface area contributed by atoms with E-state index in [1.165, 1.54) is 6.07 Å². The van der Waals surface area contributed by atoms with Gasteiger partial charge < -0.3 is 15.5 Å². The zero-order chi connectivity index (χ0) is 20.4. The molecule has 1 aromatic rings. The lowest BCUT2D eigenvalue weighted by atomic mass is 10.1. The summed E-state index contributed by atoms with van der Waals surface area (Å²) < 4.78 is 13.2. The van der Waals surface area contributed by atoms with Crippen molar-refractivity contribution in [2.75, 3.05) is 46.8 Å². The zero-order valence-corrected chi connectivity index (χ0v) is 20.1. The first-order chi connectivity index (χ1) is 13.5. The topological polar surface area (TPSA) is 60.0 Å². The largest absolute Gasteiger partial charge is 0.357 e. The lowest BCUT2D eigenvalue weighted by Crippen LogP contribution is -2.43. The quantitative estimate of drug-likeness (QED) is 0.228. The molecule has 1 aromatic carbocycles. The van der Waals surface area contributed by atoms with E-state index in [-0.39, 0.29) is 41.7 Å². The number of benzene rings is 1. The lowest BCUT2D eigenvalue weighted by Gasteiger charge is -2.25. The van der Waals surface area contributed by atoms with Gasteiger partial charge in [0.2, 0.25) is 5.91 Å². The Kier molecular flexibility index (Phi) is 12.1. The maximum absolute atomic E-state index is 13.2. The third-order valence-electron chi connectivity index (χ3n) is 4.90.